The average molecular weight is 368 g/mol. The van der Waals surface area contributed by atoms with E-state index < -0.39 is 0 Å². The number of amides is 1. The van der Waals surface area contributed by atoms with Gasteiger partial charge < -0.3 is 14.2 Å². The van der Waals surface area contributed by atoms with Crippen LogP contribution in [0.3, 0.4) is 0 Å². The van der Waals surface area contributed by atoms with Crippen molar-refractivity contribution < 1.29 is 14.1 Å². The van der Waals surface area contributed by atoms with E-state index in [9.17, 15) is 4.79 Å². The monoisotopic (exact) mass is 368 g/mol. The van der Waals surface area contributed by atoms with Crippen LogP contribution < -0.4 is 0 Å². The lowest BCUT2D eigenvalue weighted by Gasteiger charge is -2.12. The van der Waals surface area contributed by atoms with E-state index in [0.717, 1.165) is 25.0 Å². The minimum Gasteiger partial charge on any atom is -0.376 e. The number of rotatable bonds is 6. The lowest BCUT2D eigenvalue weighted by Crippen LogP contribution is -2.26. The highest BCUT2D eigenvalue weighted by molar-refractivity contribution is 5.91. The molecule has 1 fully saturated rings. The number of nitrogens with zero attached hydrogens (tertiary/aromatic N) is 6. The van der Waals surface area contributed by atoms with Crippen LogP contribution in [0.4, 0.5) is 0 Å². The van der Waals surface area contributed by atoms with Crippen LogP contribution in [0, 0.1) is 0 Å². The summed E-state index contributed by atoms with van der Waals surface area (Å²) in [5.41, 5.74) is 1.14. The second kappa shape index (κ2) is 7.67. The molecule has 3 aromatic rings. The molecule has 0 saturated carbocycles. The number of hydrogen-bond donors (Lipinski definition) is 0. The number of carbonyl (C=O) groups is 1. The minimum atomic E-state index is -0.256. The van der Waals surface area contributed by atoms with Crippen molar-refractivity contribution in [2.45, 2.75) is 32.0 Å². The Hall–Kier alpha value is -3.07. The molecule has 1 atom stereocenters. The van der Waals surface area contributed by atoms with Crippen molar-refractivity contribution in [3.63, 3.8) is 0 Å². The summed E-state index contributed by atoms with van der Waals surface area (Å²) >= 11 is 0. The van der Waals surface area contributed by atoms with Crippen molar-refractivity contribution in [3.05, 3.63) is 48.1 Å². The van der Waals surface area contributed by atoms with Crippen LogP contribution in [0.1, 0.15) is 29.2 Å². The van der Waals surface area contributed by atoms with Gasteiger partial charge in [0.05, 0.1) is 18.8 Å². The van der Waals surface area contributed by atoms with E-state index >= 15 is 0 Å². The Balaban J connectivity index is 1.38. The van der Waals surface area contributed by atoms with E-state index in [-0.39, 0.29) is 24.2 Å². The number of carbonyl (C=O) groups excluding carboxylic acids is 1. The van der Waals surface area contributed by atoms with Crippen molar-refractivity contribution in [2.75, 3.05) is 13.7 Å². The maximum absolute atomic E-state index is 12.6. The van der Waals surface area contributed by atoms with Gasteiger partial charge in [-0.3, -0.25) is 4.79 Å². The zero-order valence-electron chi connectivity index (χ0n) is 15.0. The predicted molar refractivity (Wildman–Crippen MR) is 94.5 cm³/mol. The molecule has 9 nitrogen and oxygen atoms in total. The maximum atomic E-state index is 12.6. The average Bonchev–Trinajstić information content (AvgIpc) is 3.44. The van der Waals surface area contributed by atoms with Gasteiger partial charge in [-0.25, -0.2) is 4.68 Å². The van der Waals surface area contributed by atoms with Gasteiger partial charge in [-0.2, -0.15) is 4.98 Å². The van der Waals surface area contributed by atoms with E-state index in [0.29, 0.717) is 18.3 Å². The third kappa shape index (κ3) is 4.03. The van der Waals surface area contributed by atoms with Crippen LogP contribution in [-0.4, -0.2) is 55.7 Å². The standard InChI is InChI=1S/C18H20N6O3/c1-23(12-16-19-17(21-27-16)13-6-3-2-4-7-13)18(25)15-11-24(22-20-15)10-14-8-5-9-26-14/h2-4,6-7,11,14H,5,8-10,12H2,1H3/t14-/m1/s1. The molecule has 2 aromatic heterocycles. The molecular weight excluding hydrogens is 348 g/mol. The fourth-order valence-corrected chi connectivity index (χ4v) is 2.98. The third-order valence-electron chi connectivity index (χ3n) is 4.39. The zero-order chi connectivity index (χ0) is 18.6. The molecule has 1 aromatic carbocycles. The van der Waals surface area contributed by atoms with Crippen LogP contribution in [0.2, 0.25) is 0 Å². The van der Waals surface area contributed by atoms with Gasteiger partial charge in [-0.15, -0.1) is 5.10 Å². The first-order chi connectivity index (χ1) is 13.2. The molecule has 0 aliphatic carbocycles. The molecule has 3 heterocycles. The first-order valence-corrected chi connectivity index (χ1v) is 8.84. The fourth-order valence-electron chi connectivity index (χ4n) is 2.98. The van der Waals surface area contributed by atoms with Crippen LogP contribution in [0.15, 0.2) is 41.1 Å². The SMILES string of the molecule is CN(Cc1nc(-c2ccccc2)no1)C(=O)c1cn(C[C@H]2CCCO2)nn1. The molecule has 0 N–H and O–H groups in total. The Labute approximate surface area is 155 Å². The molecule has 0 unspecified atom stereocenters. The summed E-state index contributed by atoms with van der Waals surface area (Å²) in [5, 5.41) is 12.0. The molecule has 1 aliphatic rings. The van der Waals surface area contributed by atoms with Gasteiger partial charge in [0.25, 0.3) is 5.91 Å². The van der Waals surface area contributed by atoms with Gasteiger partial charge in [0.15, 0.2) is 5.69 Å². The van der Waals surface area contributed by atoms with E-state index in [1.165, 1.54) is 4.90 Å². The van der Waals surface area contributed by atoms with E-state index in [1.54, 1.807) is 17.9 Å². The summed E-state index contributed by atoms with van der Waals surface area (Å²) in [6.45, 7) is 1.58. The molecule has 140 valence electrons. The van der Waals surface area contributed by atoms with Crippen molar-refractivity contribution in [1.82, 2.24) is 30.0 Å². The van der Waals surface area contributed by atoms with Gasteiger partial charge in [-0.1, -0.05) is 40.7 Å². The van der Waals surface area contributed by atoms with Gasteiger partial charge in [-0.05, 0) is 12.8 Å². The summed E-state index contributed by atoms with van der Waals surface area (Å²) in [6.07, 6.45) is 3.85. The summed E-state index contributed by atoms with van der Waals surface area (Å²) in [7, 11) is 1.66. The highest BCUT2D eigenvalue weighted by atomic mass is 16.5. The van der Waals surface area contributed by atoms with E-state index in [2.05, 4.69) is 20.5 Å². The smallest absolute Gasteiger partial charge is 0.276 e. The van der Waals surface area contributed by atoms with E-state index in [1.807, 2.05) is 30.3 Å². The van der Waals surface area contributed by atoms with Crippen molar-refractivity contribution in [3.8, 4) is 11.4 Å². The Morgan fingerprint density at radius 1 is 1.33 bits per heavy atom. The fraction of sp³-hybridized carbons (Fsp3) is 0.389. The van der Waals surface area contributed by atoms with Gasteiger partial charge in [0, 0.05) is 19.2 Å². The Morgan fingerprint density at radius 3 is 2.96 bits per heavy atom. The van der Waals surface area contributed by atoms with Crippen LogP contribution in [0.5, 0.6) is 0 Å². The molecule has 27 heavy (non-hydrogen) atoms. The van der Waals surface area contributed by atoms with Crippen LogP contribution in [-0.2, 0) is 17.8 Å². The zero-order valence-corrected chi connectivity index (χ0v) is 15.0. The van der Waals surface area contributed by atoms with Gasteiger partial charge in [0.2, 0.25) is 11.7 Å². The minimum absolute atomic E-state index is 0.141. The van der Waals surface area contributed by atoms with Crippen molar-refractivity contribution >= 4 is 5.91 Å². The second-order valence-corrected chi connectivity index (χ2v) is 6.50. The molecule has 1 saturated heterocycles. The number of benzene rings is 1. The lowest BCUT2D eigenvalue weighted by atomic mass is 10.2. The first-order valence-electron chi connectivity index (χ1n) is 8.84. The van der Waals surface area contributed by atoms with Gasteiger partial charge >= 0.3 is 0 Å². The Kier molecular flexibility index (Phi) is 4.93. The largest absolute Gasteiger partial charge is 0.376 e. The number of ether oxygens (including phenoxy) is 1. The molecule has 1 aliphatic heterocycles. The van der Waals surface area contributed by atoms with E-state index in [4.69, 9.17) is 9.26 Å². The van der Waals surface area contributed by atoms with Crippen LogP contribution >= 0.6 is 0 Å². The molecule has 0 bridgehead atoms. The normalized spacial score (nSPS) is 16.6. The number of hydrogen-bond acceptors (Lipinski definition) is 7. The predicted octanol–water partition coefficient (Wildman–Crippen LogP) is 1.78. The van der Waals surface area contributed by atoms with Crippen molar-refractivity contribution in [2.24, 2.45) is 0 Å². The van der Waals surface area contributed by atoms with Crippen LogP contribution in [0.25, 0.3) is 11.4 Å². The summed E-state index contributed by atoms with van der Waals surface area (Å²) in [5.74, 6) is 0.596. The summed E-state index contributed by atoms with van der Waals surface area (Å²) < 4.78 is 12.5. The topological polar surface area (TPSA) is 99.2 Å². The Bertz CT molecular complexity index is 901. The molecule has 0 radical (unpaired) electrons. The van der Waals surface area contributed by atoms with Gasteiger partial charge in [0.1, 0.15) is 6.54 Å². The molecule has 0 spiro atoms. The maximum Gasteiger partial charge on any atom is 0.276 e. The molecule has 4 rings (SSSR count). The Morgan fingerprint density at radius 2 is 2.19 bits per heavy atom. The second-order valence-electron chi connectivity index (χ2n) is 6.50. The quantitative estimate of drug-likeness (QED) is 0.654. The summed E-state index contributed by atoms with van der Waals surface area (Å²) in [4.78, 5) is 18.4. The number of aromatic nitrogens is 5. The lowest BCUT2D eigenvalue weighted by molar-refractivity contribution is 0.0763. The highest BCUT2D eigenvalue weighted by Gasteiger charge is 2.21. The third-order valence-corrected chi connectivity index (χ3v) is 4.39. The highest BCUT2D eigenvalue weighted by Crippen LogP contribution is 2.16. The molecular formula is C18H20N6O3. The summed E-state index contributed by atoms with van der Waals surface area (Å²) in [6, 6.07) is 9.52. The van der Waals surface area contributed by atoms with Crippen molar-refractivity contribution in [1.29, 1.82) is 0 Å². The first kappa shape index (κ1) is 17.3. The molecule has 9 heteroatoms. The molecule has 1 amide bonds.